The lowest BCUT2D eigenvalue weighted by atomic mass is 9.98. The van der Waals surface area contributed by atoms with Crippen molar-refractivity contribution in [3.8, 4) is 33.4 Å². The van der Waals surface area contributed by atoms with Crippen LogP contribution in [0.3, 0.4) is 0 Å². The van der Waals surface area contributed by atoms with Gasteiger partial charge >= 0.3 is 0 Å². The minimum atomic E-state index is 0.875. The van der Waals surface area contributed by atoms with Gasteiger partial charge in [0, 0.05) is 61.9 Å². The molecule has 0 saturated carbocycles. The second-order valence-electron chi connectivity index (χ2n) is 14.9. The average molecular weight is 777 g/mol. The number of furan rings is 2. The third kappa shape index (κ3) is 5.16. The van der Waals surface area contributed by atoms with Crippen molar-refractivity contribution in [1.29, 1.82) is 0 Å². The van der Waals surface area contributed by atoms with Crippen molar-refractivity contribution in [2.24, 2.45) is 0 Å². The van der Waals surface area contributed by atoms with E-state index in [1.54, 1.807) is 6.08 Å². The summed E-state index contributed by atoms with van der Waals surface area (Å²) in [5.41, 5.74) is 12.8. The van der Waals surface area contributed by atoms with Gasteiger partial charge in [0.25, 0.3) is 0 Å². The van der Waals surface area contributed by atoms with E-state index in [1.807, 2.05) is 40.9 Å². The van der Waals surface area contributed by atoms with Crippen LogP contribution in [0.1, 0.15) is 5.56 Å². The summed E-state index contributed by atoms with van der Waals surface area (Å²) in [6, 6.07) is 55.1. The Morgan fingerprint density at radius 3 is 1.31 bits per heavy atom. The number of rotatable bonds is 6. The Morgan fingerprint density at radius 2 is 0.810 bits per heavy atom. The fourth-order valence-corrected chi connectivity index (χ4v) is 11.0. The largest absolute Gasteiger partial charge is 0.456 e. The monoisotopic (exact) mass is 776 g/mol. The Hall–Kier alpha value is -6.98. The van der Waals surface area contributed by atoms with Crippen molar-refractivity contribution in [2.75, 3.05) is 0 Å². The lowest BCUT2D eigenvalue weighted by Crippen LogP contribution is -1.81. The SMILES string of the molecule is C=C/C=C(\C=C)c1ccc2oc3ccc(-c4ccc5sc6cc7sc8ccc(-c9ccc%10oc%11ccc(-c%12ccccc%12)cc%11c%10c9)cc8c7cc6c5c4)cc3c2c1. The molecule has 0 aliphatic heterocycles. The zero-order chi connectivity index (χ0) is 38.5. The second kappa shape index (κ2) is 12.8. The van der Waals surface area contributed by atoms with E-state index in [4.69, 9.17) is 8.83 Å². The Balaban J connectivity index is 0.957. The van der Waals surface area contributed by atoms with Crippen molar-refractivity contribution < 1.29 is 8.83 Å². The van der Waals surface area contributed by atoms with E-state index in [0.29, 0.717) is 0 Å². The summed E-state index contributed by atoms with van der Waals surface area (Å²) in [4.78, 5) is 0. The van der Waals surface area contributed by atoms with Crippen LogP contribution < -0.4 is 0 Å². The normalized spacial score (nSPS) is 12.4. The van der Waals surface area contributed by atoms with Crippen molar-refractivity contribution in [1.82, 2.24) is 0 Å². The van der Waals surface area contributed by atoms with Gasteiger partial charge in [0.1, 0.15) is 22.3 Å². The van der Waals surface area contributed by atoms with Crippen molar-refractivity contribution in [3.05, 3.63) is 189 Å². The highest BCUT2D eigenvalue weighted by molar-refractivity contribution is 7.28. The van der Waals surface area contributed by atoms with Gasteiger partial charge < -0.3 is 8.83 Å². The Labute approximate surface area is 341 Å². The molecule has 0 fully saturated rings. The number of fused-ring (bicyclic) bond motifs is 12. The van der Waals surface area contributed by atoms with Gasteiger partial charge in [-0.3, -0.25) is 0 Å². The van der Waals surface area contributed by atoms with Crippen molar-refractivity contribution in [2.45, 2.75) is 0 Å². The molecule has 0 spiro atoms. The van der Waals surface area contributed by atoms with Crippen LogP contribution in [0.15, 0.2) is 192 Å². The van der Waals surface area contributed by atoms with Gasteiger partial charge in [0.2, 0.25) is 0 Å². The van der Waals surface area contributed by atoms with Crippen LogP contribution in [0.25, 0.3) is 123 Å². The first kappa shape index (κ1) is 33.2. The van der Waals surface area contributed by atoms with E-state index in [0.717, 1.165) is 60.6 Å². The number of benzene rings is 8. The Bertz CT molecular complexity index is 3720. The van der Waals surface area contributed by atoms with Crippen molar-refractivity contribution >= 4 is 112 Å². The maximum atomic E-state index is 6.30. The topological polar surface area (TPSA) is 26.3 Å². The second-order valence-corrected chi connectivity index (χ2v) is 17.1. The van der Waals surface area contributed by atoms with Crippen LogP contribution in [0.2, 0.25) is 0 Å². The van der Waals surface area contributed by atoms with E-state index in [-0.39, 0.29) is 0 Å². The molecule has 58 heavy (non-hydrogen) atoms. The van der Waals surface area contributed by atoms with Crippen LogP contribution in [0.5, 0.6) is 0 Å². The van der Waals surface area contributed by atoms with Gasteiger partial charge in [-0.15, -0.1) is 22.7 Å². The zero-order valence-corrected chi connectivity index (χ0v) is 32.8. The third-order valence-electron chi connectivity index (χ3n) is 11.6. The standard InChI is InChI=1S/C54H32O2S2/c1-3-8-31(4-2)33-11-17-47-39(23-33)41-25-35(13-19-49(41)55-47)37-15-21-51-43(27-37)45-29-46-44-28-38(16-22-52(44)58-54(46)30-53(45)57-51)36-14-20-50-42(26-36)40-24-34(12-18-48(40)56-50)32-9-6-5-7-10-32/h3-30H,1-2H2/b31-8+. The minimum Gasteiger partial charge on any atom is -0.456 e. The molecule has 0 saturated heterocycles. The highest BCUT2D eigenvalue weighted by Gasteiger charge is 2.16. The number of hydrogen-bond donors (Lipinski definition) is 0. The van der Waals surface area contributed by atoms with Gasteiger partial charge in [-0.2, -0.15) is 0 Å². The van der Waals surface area contributed by atoms with E-state index < -0.39 is 0 Å². The lowest BCUT2D eigenvalue weighted by molar-refractivity contribution is 0.668. The minimum absolute atomic E-state index is 0.875. The van der Waals surface area contributed by atoms with Gasteiger partial charge in [-0.05, 0) is 129 Å². The summed E-state index contributed by atoms with van der Waals surface area (Å²) >= 11 is 3.75. The summed E-state index contributed by atoms with van der Waals surface area (Å²) in [5, 5.41) is 9.64. The molecule has 4 heteroatoms. The molecule has 0 radical (unpaired) electrons. The molecule has 8 aromatic carbocycles. The maximum absolute atomic E-state index is 6.30. The third-order valence-corrected chi connectivity index (χ3v) is 13.9. The molecule has 0 unspecified atom stereocenters. The maximum Gasteiger partial charge on any atom is 0.135 e. The van der Waals surface area contributed by atoms with E-state index in [1.165, 1.54) is 68.2 Å². The molecular formula is C54H32O2S2. The number of thiophene rings is 2. The number of allylic oxidation sites excluding steroid dienone is 4. The quantitative estimate of drug-likeness (QED) is 0.157. The summed E-state index contributed by atoms with van der Waals surface area (Å²) in [5.74, 6) is 0. The van der Waals surface area contributed by atoms with E-state index in [9.17, 15) is 0 Å². The molecule has 0 bridgehead atoms. The molecule has 0 aliphatic rings. The summed E-state index contributed by atoms with van der Waals surface area (Å²) in [6.45, 7) is 7.89. The summed E-state index contributed by atoms with van der Waals surface area (Å²) in [7, 11) is 0. The fraction of sp³-hybridized carbons (Fsp3) is 0. The van der Waals surface area contributed by atoms with Gasteiger partial charge in [0.05, 0.1) is 0 Å². The van der Waals surface area contributed by atoms with Gasteiger partial charge in [0.15, 0.2) is 0 Å². The molecule has 12 aromatic rings. The highest BCUT2D eigenvalue weighted by Crippen LogP contribution is 2.45. The van der Waals surface area contributed by atoms with Crippen LogP contribution >= 0.6 is 22.7 Å². The average Bonchev–Trinajstić information content (AvgIpc) is 4.03. The molecule has 0 atom stereocenters. The van der Waals surface area contributed by atoms with Crippen molar-refractivity contribution in [3.63, 3.8) is 0 Å². The predicted molar refractivity (Wildman–Crippen MR) is 251 cm³/mol. The van der Waals surface area contributed by atoms with Gasteiger partial charge in [-0.1, -0.05) is 98.1 Å². The molecule has 4 heterocycles. The summed E-state index contributed by atoms with van der Waals surface area (Å²) in [6.07, 6.45) is 5.65. The summed E-state index contributed by atoms with van der Waals surface area (Å²) < 4.78 is 17.8. The molecule has 12 rings (SSSR count). The Kier molecular flexibility index (Phi) is 7.31. The first-order valence-electron chi connectivity index (χ1n) is 19.4. The zero-order valence-electron chi connectivity index (χ0n) is 31.2. The van der Waals surface area contributed by atoms with Crippen LogP contribution in [-0.4, -0.2) is 0 Å². The first-order valence-corrected chi connectivity index (χ1v) is 21.0. The lowest BCUT2D eigenvalue weighted by Gasteiger charge is -2.04. The van der Waals surface area contributed by atoms with Crippen LogP contribution in [0, 0.1) is 0 Å². The molecule has 0 aliphatic carbocycles. The molecule has 0 amide bonds. The van der Waals surface area contributed by atoms with Gasteiger partial charge in [-0.25, -0.2) is 0 Å². The Morgan fingerprint density at radius 1 is 0.379 bits per heavy atom. The smallest absolute Gasteiger partial charge is 0.135 e. The highest BCUT2D eigenvalue weighted by atomic mass is 32.1. The van der Waals surface area contributed by atoms with Crippen LogP contribution in [-0.2, 0) is 0 Å². The molecule has 272 valence electrons. The fourth-order valence-electron chi connectivity index (χ4n) is 8.72. The first-order chi connectivity index (χ1) is 28.6. The molecule has 0 N–H and O–H groups in total. The molecule has 4 aromatic heterocycles. The molecular weight excluding hydrogens is 745 g/mol. The number of hydrogen-bond acceptors (Lipinski definition) is 4. The van der Waals surface area contributed by atoms with E-state index >= 15 is 0 Å². The predicted octanol–water partition coefficient (Wildman–Crippen LogP) is 17.0. The van der Waals surface area contributed by atoms with E-state index in [2.05, 4.69) is 159 Å². The molecule has 2 nitrogen and oxygen atoms in total. The van der Waals surface area contributed by atoms with Crippen LogP contribution in [0.4, 0.5) is 0 Å².